The molecule has 0 fully saturated rings. The van der Waals surface area contributed by atoms with Gasteiger partial charge in [0.25, 0.3) is 0 Å². The minimum absolute atomic E-state index is 0.0513. The van der Waals surface area contributed by atoms with E-state index in [4.69, 9.17) is 10.4 Å². The Morgan fingerprint density at radius 1 is 1.50 bits per heavy atom. The molecule has 88 valence electrons. The molecule has 0 saturated carbocycles. The van der Waals surface area contributed by atoms with Crippen LogP contribution in [0.4, 0.5) is 0 Å². The van der Waals surface area contributed by atoms with E-state index < -0.39 is 0 Å². The average Bonchev–Trinajstić information content (AvgIpc) is 2.68. The summed E-state index contributed by atoms with van der Waals surface area (Å²) in [5.74, 6) is 0. The molecule has 0 aromatic carbocycles. The van der Waals surface area contributed by atoms with Crippen LogP contribution in [0.2, 0.25) is 0 Å². The maximum Gasteiger partial charge on any atom is 0.130 e. The molecule has 1 aromatic rings. The Hall–Kier alpha value is -0.890. The van der Waals surface area contributed by atoms with Crippen molar-refractivity contribution in [2.24, 2.45) is 0 Å². The second kappa shape index (κ2) is 5.44. The van der Waals surface area contributed by atoms with E-state index in [1.54, 1.807) is 11.3 Å². The number of nitriles is 1. The van der Waals surface area contributed by atoms with Crippen LogP contribution in [0.15, 0.2) is 12.1 Å². The van der Waals surface area contributed by atoms with E-state index in [1.807, 2.05) is 6.07 Å². The number of nitrogens with zero attached hydrogens (tertiary/aromatic N) is 1. The first-order valence-corrected chi connectivity index (χ1v) is 6.14. The smallest absolute Gasteiger partial charge is 0.130 e. The zero-order valence-electron chi connectivity index (χ0n) is 9.95. The maximum absolute atomic E-state index is 9.03. The van der Waals surface area contributed by atoms with Gasteiger partial charge in [0.2, 0.25) is 0 Å². The van der Waals surface area contributed by atoms with E-state index in [9.17, 15) is 0 Å². The van der Waals surface area contributed by atoms with Gasteiger partial charge < -0.3 is 5.11 Å². The largest absolute Gasteiger partial charge is 0.395 e. The van der Waals surface area contributed by atoms with Gasteiger partial charge in [-0.1, -0.05) is 20.8 Å². The normalized spacial score (nSPS) is 13.4. The first kappa shape index (κ1) is 13.2. The van der Waals surface area contributed by atoms with Gasteiger partial charge in [0, 0.05) is 16.3 Å². The first-order valence-electron chi connectivity index (χ1n) is 5.33. The molecule has 1 rings (SSSR count). The van der Waals surface area contributed by atoms with Crippen LogP contribution in [-0.4, -0.2) is 18.3 Å². The highest BCUT2D eigenvalue weighted by atomic mass is 32.1. The number of aliphatic hydroxyl groups is 1. The number of nitrogens with one attached hydrogen (secondary N) is 1. The second-order valence-electron chi connectivity index (χ2n) is 4.69. The van der Waals surface area contributed by atoms with Crippen LogP contribution in [0.5, 0.6) is 0 Å². The highest BCUT2D eigenvalue weighted by molar-refractivity contribution is 7.12. The van der Waals surface area contributed by atoms with Crippen molar-refractivity contribution in [3.05, 3.63) is 21.9 Å². The molecule has 1 unspecified atom stereocenters. The lowest BCUT2D eigenvalue weighted by Gasteiger charge is -2.15. The summed E-state index contributed by atoms with van der Waals surface area (Å²) in [6, 6.07) is 5.96. The lowest BCUT2D eigenvalue weighted by atomic mass is 9.95. The molecule has 1 atom stereocenters. The summed E-state index contributed by atoms with van der Waals surface area (Å²) in [5, 5.41) is 20.8. The van der Waals surface area contributed by atoms with Crippen LogP contribution in [0, 0.1) is 11.3 Å². The molecule has 0 aliphatic carbocycles. The Bertz CT molecular complexity index is 373. The van der Waals surface area contributed by atoms with Crippen LogP contribution in [0.1, 0.15) is 36.6 Å². The van der Waals surface area contributed by atoms with Gasteiger partial charge in [0.05, 0.1) is 12.7 Å². The fourth-order valence-corrected chi connectivity index (χ4v) is 2.42. The third-order valence-corrected chi connectivity index (χ3v) is 3.82. The van der Waals surface area contributed by atoms with Crippen molar-refractivity contribution in [1.82, 2.24) is 5.32 Å². The highest BCUT2D eigenvalue weighted by Gasteiger charge is 2.19. The van der Waals surface area contributed by atoms with Gasteiger partial charge in [-0.3, -0.25) is 5.32 Å². The minimum Gasteiger partial charge on any atom is -0.395 e. The molecule has 0 aliphatic heterocycles. The predicted molar refractivity (Wildman–Crippen MR) is 66.5 cm³/mol. The number of rotatable bonds is 4. The number of thiophene rings is 1. The summed E-state index contributed by atoms with van der Waals surface area (Å²) in [4.78, 5) is 2.29. The van der Waals surface area contributed by atoms with Gasteiger partial charge in [-0.25, -0.2) is 0 Å². The molecule has 0 bridgehead atoms. The van der Waals surface area contributed by atoms with Gasteiger partial charge in [-0.2, -0.15) is 5.26 Å². The molecule has 3 nitrogen and oxygen atoms in total. The van der Waals surface area contributed by atoms with Crippen molar-refractivity contribution in [2.75, 3.05) is 13.2 Å². The predicted octanol–water partition coefficient (Wildman–Crippen LogP) is 2.19. The zero-order valence-corrected chi connectivity index (χ0v) is 10.8. The molecule has 16 heavy (non-hydrogen) atoms. The van der Waals surface area contributed by atoms with Crippen LogP contribution in [0.3, 0.4) is 0 Å². The lowest BCUT2D eigenvalue weighted by Crippen LogP contribution is -2.22. The Morgan fingerprint density at radius 3 is 2.62 bits per heavy atom. The van der Waals surface area contributed by atoms with Crippen LogP contribution < -0.4 is 5.32 Å². The van der Waals surface area contributed by atoms with Crippen molar-refractivity contribution in [1.29, 1.82) is 5.26 Å². The molecule has 0 amide bonds. The molecular formula is C12H18N2OS. The van der Waals surface area contributed by atoms with Gasteiger partial charge in [0.1, 0.15) is 6.04 Å². The van der Waals surface area contributed by atoms with Gasteiger partial charge in [-0.15, -0.1) is 11.3 Å². The molecule has 2 N–H and O–H groups in total. The van der Waals surface area contributed by atoms with E-state index in [-0.39, 0.29) is 18.1 Å². The molecule has 0 saturated heterocycles. The number of hydrogen-bond donors (Lipinski definition) is 2. The summed E-state index contributed by atoms with van der Waals surface area (Å²) in [6.07, 6.45) is 0. The summed E-state index contributed by atoms with van der Waals surface area (Å²) < 4.78 is 0. The fraction of sp³-hybridized carbons (Fsp3) is 0.583. The van der Waals surface area contributed by atoms with E-state index >= 15 is 0 Å². The molecule has 0 aliphatic rings. The van der Waals surface area contributed by atoms with Gasteiger partial charge in [-0.05, 0) is 17.5 Å². The van der Waals surface area contributed by atoms with E-state index in [0.29, 0.717) is 6.54 Å². The van der Waals surface area contributed by atoms with Crippen LogP contribution in [-0.2, 0) is 5.41 Å². The van der Waals surface area contributed by atoms with E-state index in [2.05, 4.69) is 38.2 Å². The Labute approximate surface area is 101 Å². The zero-order chi connectivity index (χ0) is 12.2. The SMILES string of the molecule is CC(C)(C)c1ccc(C(C#N)NCCO)s1. The van der Waals surface area contributed by atoms with Crippen LogP contribution >= 0.6 is 11.3 Å². The molecule has 0 spiro atoms. The Balaban J connectivity index is 2.80. The number of aliphatic hydroxyl groups excluding tert-OH is 1. The standard InChI is InChI=1S/C12H18N2OS/c1-12(2,3)11-5-4-10(16-11)9(8-13)14-6-7-15/h4-5,9,14-15H,6-7H2,1-3H3. The van der Waals surface area contributed by atoms with Gasteiger partial charge in [0.15, 0.2) is 0 Å². The second-order valence-corrected chi connectivity index (χ2v) is 5.81. The average molecular weight is 238 g/mol. The Morgan fingerprint density at radius 2 is 2.19 bits per heavy atom. The quantitative estimate of drug-likeness (QED) is 0.845. The fourth-order valence-electron chi connectivity index (χ4n) is 1.33. The topological polar surface area (TPSA) is 56.0 Å². The highest BCUT2D eigenvalue weighted by Crippen LogP contribution is 2.32. The summed E-state index contributed by atoms with van der Waals surface area (Å²) in [5.41, 5.74) is 0.125. The van der Waals surface area contributed by atoms with Crippen LogP contribution in [0.25, 0.3) is 0 Å². The van der Waals surface area contributed by atoms with Gasteiger partial charge >= 0.3 is 0 Å². The summed E-state index contributed by atoms with van der Waals surface area (Å²) in [6.45, 7) is 6.97. The summed E-state index contributed by atoms with van der Waals surface area (Å²) in [7, 11) is 0. The third-order valence-electron chi connectivity index (χ3n) is 2.24. The Kier molecular flexibility index (Phi) is 4.48. The molecular weight excluding hydrogens is 220 g/mol. The lowest BCUT2D eigenvalue weighted by molar-refractivity contribution is 0.289. The minimum atomic E-state index is -0.312. The third kappa shape index (κ3) is 3.31. The van der Waals surface area contributed by atoms with Crippen molar-refractivity contribution in [3.8, 4) is 6.07 Å². The monoisotopic (exact) mass is 238 g/mol. The maximum atomic E-state index is 9.03. The summed E-state index contributed by atoms with van der Waals surface area (Å²) >= 11 is 1.66. The first-order chi connectivity index (χ1) is 7.49. The van der Waals surface area contributed by atoms with Crippen molar-refractivity contribution < 1.29 is 5.11 Å². The molecule has 1 heterocycles. The van der Waals surface area contributed by atoms with Crippen molar-refractivity contribution in [2.45, 2.75) is 32.2 Å². The molecule has 4 heteroatoms. The molecule has 0 radical (unpaired) electrons. The molecule has 1 aromatic heterocycles. The van der Waals surface area contributed by atoms with E-state index in [1.165, 1.54) is 4.88 Å². The number of hydrogen-bond acceptors (Lipinski definition) is 4. The van der Waals surface area contributed by atoms with Crippen molar-refractivity contribution >= 4 is 11.3 Å². The van der Waals surface area contributed by atoms with E-state index in [0.717, 1.165) is 4.88 Å². The van der Waals surface area contributed by atoms with Crippen molar-refractivity contribution in [3.63, 3.8) is 0 Å².